The van der Waals surface area contributed by atoms with E-state index < -0.39 is 11.7 Å². The van der Waals surface area contributed by atoms with Gasteiger partial charge in [-0.2, -0.15) is 13.2 Å². The van der Waals surface area contributed by atoms with Gasteiger partial charge in [-0.25, -0.2) is 4.98 Å². The molecular weight excluding hydrogens is 337 g/mol. The molecule has 0 amide bonds. The molecule has 0 aliphatic rings. The number of benzene rings is 1. The maximum absolute atomic E-state index is 12.9. The summed E-state index contributed by atoms with van der Waals surface area (Å²) in [5.74, 6) is 0.909. The molecule has 2 aromatic heterocycles. The van der Waals surface area contributed by atoms with Crippen LogP contribution in [0, 0.1) is 0 Å². The van der Waals surface area contributed by atoms with E-state index in [0.717, 1.165) is 16.7 Å². The Morgan fingerprint density at radius 3 is 2.40 bits per heavy atom. The van der Waals surface area contributed by atoms with Crippen molar-refractivity contribution in [2.24, 2.45) is 0 Å². The van der Waals surface area contributed by atoms with E-state index in [2.05, 4.69) is 4.98 Å². The fourth-order valence-electron chi connectivity index (χ4n) is 2.54. The van der Waals surface area contributed by atoms with E-state index in [0.29, 0.717) is 23.3 Å². The number of ether oxygens (including phenoxy) is 2. The topological polar surface area (TPSA) is 52.8 Å². The second-order valence-electron chi connectivity index (χ2n) is 5.18. The number of hydrogen-bond acceptors (Lipinski definition) is 4. The average Bonchev–Trinajstić information content (AvgIpc) is 2.98. The molecule has 5 nitrogen and oxygen atoms in total. The predicted octanol–water partition coefficient (Wildman–Crippen LogP) is 3.85. The first-order valence-corrected chi connectivity index (χ1v) is 7.16. The van der Waals surface area contributed by atoms with Crippen molar-refractivity contribution in [3.05, 3.63) is 47.8 Å². The van der Waals surface area contributed by atoms with Gasteiger partial charge in [0.05, 0.1) is 19.8 Å². The van der Waals surface area contributed by atoms with Crippen LogP contribution in [-0.4, -0.2) is 29.9 Å². The molecule has 0 radical (unpaired) electrons. The number of pyridine rings is 1. The zero-order valence-electron chi connectivity index (χ0n) is 13.3. The number of alkyl halides is 3. The van der Waals surface area contributed by atoms with Gasteiger partial charge in [-0.05, 0) is 30.3 Å². The fourth-order valence-corrected chi connectivity index (χ4v) is 2.54. The lowest BCUT2D eigenvalue weighted by Gasteiger charge is -2.09. The Hall–Kier alpha value is -3.03. The lowest BCUT2D eigenvalue weighted by Crippen LogP contribution is -2.06. The Balaban J connectivity index is 2.21. The molecule has 25 heavy (non-hydrogen) atoms. The number of rotatable bonds is 4. The SMILES string of the molecule is COc1ccc(-c2nc3ccc(C(F)(F)F)cn3c2C=O)cc1OC. The molecule has 0 saturated heterocycles. The molecule has 1 aromatic carbocycles. The lowest BCUT2D eigenvalue weighted by molar-refractivity contribution is -0.137. The standard InChI is InChI=1S/C17H13F3N2O3/c1-24-13-5-3-10(7-14(13)25-2)16-12(9-23)22-8-11(17(18,19)20)4-6-15(22)21-16/h3-9H,1-2H3. The third kappa shape index (κ3) is 2.90. The molecule has 0 aliphatic carbocycles. The highest BCUT2D eigenvalue weighted by atomic mass is 19.4. The van der Waals surface area contributed by atoms with Crippen LogP contribution >= 0.6 is 0 Å². The number of aromatic nitrogens is 2. The Kier molecular flexibility index (Phi) is 4.12. The molecule has 3 aromatic rings. The van der Waals surface area contributed by atoms with Crippen LogP contribution in [0.3, 0.4) is 0 Å². The number of carbonyl (C=O) groups excluding carboxylic acids is 1. The summed E-state index contributed by atoms with van der Waals surface area (Å²) in [6, 6.07) is 7.04. The fraction of sp³-hybridized carbons (Fsp3) is 0.176. The maximum atomic E-state index is 12.9. The van der Waals surface area contributed by atoms with Gasteiger partial charge >= 0.3 is 6.18 Å². The number of halogens is 3. The molecule has 2 heterocycles. The molecule has 0 unspecified atom stereocenters. The van der Waals surface area contributed by atoms with Gasteiger partial charge in [0.1, 0.15) is 17.0 Å². The minimum Gasteiger partial charge on any atom is -0.493 e. The summed E-state index contributed by atoms with van der Waals surface area (Å²) >= 11 is 0. The van der Waals surface area contributed by atoms with Crippen molar-refractivity contribution in [2.75, 3.05) is 14.2 Å². The Labute approximate surface area is 140 Å². The summed E-state index contributed by atoms with van der Waals surface area (Å²) in [4.78, 5) is 15.8. The molecule has 0 fully saturated rings. The second-order valence-corrected chi connectivity index (χ2v) is 5.18. The van der Waals surface area contributed by atoms with E-state index in [1.54, 1.807) is 18.2 Å². The van der Waals surface area contributed by atoms with Crippen molar-refractivity contribution in [3.8, 4) is 22.8 Å². The lowest BCUT2D eigenvalue weighted by atomic mass is 10.1. The summed E-state index contributed by atoms with van der Waals surface area (Å²) in [7, 11) is 2.94. The van der Waals surface area contributed by atoms with Crippen LogP contribution in [0.1, 0.15) is 16.1 Å². The van der Waals surface area contributed by atoms with Crippen molar-refractivity contribution >= 4 is 11.9 Å². The minimum atomic E-state index is -4.51. The van der Waals surface area contributed by atoms with E-state index in [4.69, 9.17) is 9.47 Å². The predicted molar refractivity (Wildman–Crippen MR) is 84.1 cm³/mol. The number of methoxy groups -OCH3 is 2. The number of imidazole rings is 1. The maximum Gasteiger partial charge on any atom is 0.417 e. The third-order valence-corrected chi connectivity index (χ3v) is 3.75. The highest BCUT2D eigenvalue weighted by Gasteiger charge is 2.31. The molecule has 0 atom stereocenters. The van der Waals surface area contributed by atoms with E-state index in [-0.39, 0.29) is 17.0 Å². The van der Waals surface area contributed by atoms with Crippen LogP contribution in [0.25, 0.3) is 16.9 Å². The van der Waals surface area contributed by atoms with Crippen molar-refractivity contribution < 1.29 is 27.4 Å². The highest BCUT2D eigenvalue weighted by molar-refractivity contribution is 5.86. The minimum absolute atomic E-state index is 0.0216. The number of carbonyl (C=O) groups is 1. The normalized spacial score (nSPS) is 11.6. The first kappa shape index (κ1) is 16.8. The van der Waals surface area contributed by atoms with Crippen LogP contribution in [0.15, 0.2) is 36.5 Å². The highest BCUT2D eigenvalue weighted by Crippen LogP contribution is 2.34. The van der Waals surface area contributed by atoms with Crippen molar-refractivity contribution in [3.63, 3.8) is 0 Å². The zero-order valence-corrected chi connectivity index (χ0v) is 13.3. The molecule has 130 valence electrons. The Morgan fingerprint density at radius 2 is 1.80 bits per heavy atom. The Morgan fingerprint density at radius 1 is 1.08 bits per heavy atom. The van der Waals surface area contributed by atoms with Crippen LogP contribution < -0.4 is 9.47 Å². The Bertz CT molecular complexity index is 948. The third-order valence-electron chi connectivity index (χ3n) is 3.75. The van der Waals surface area contributed by atoms with Crippen molar-refractivity contribution in [2.45, 2.75) is 6.18 Å². The average molecular weight is 350 g/mol. The summed E-state index contributed by atoms with van der Waals surface area (Å²) in [5, 5.41) is 0. The van der Waals surface area contributed by atoms with Gasteiger partial charge in [0, 0.05) is 11.8 Å². The zero-order chi connectivity index (χ0) is 18.2. The van der Waals surface area contributed by atoms with Crippen molar-refractivity contribution in [1.82, 2.24) is 9.38 Å². The van der Waals surface area contributed by atoms with Crippen LogP contribution in [-0.2, 0) is 6.18 Å². The van der Waals surface area contributed by atoms with Gasteiger partial charge in [0.25, 0.3) is 0 Å². The first-order chi connectivity index (χ1) is 11.9. The molecule has 0 N–H and O–H groups in total. The summed E-state index contributed by atoms with van der Waals surface area (Å²) < 4.78 is 50.2. The van der Waals surface area contributed by atoms with Gasteiger partial charge in [0.15, 0.2) is 17.8 Å². The molecule has 3 rings (SSSR count). The molecular formula is C17H13F3N2O3. The number of fused-ring (bicyclic) bond motifs is 1. The van der Waals surface area contributed by atoms with Gasteiger partial charge in [-0.3, -0.25) is 9.20 Å². The van der Waals surface area contributed by atoms with E-state index >= 15 is 0 Å². The van der Waals surface area contributed by atoms with E-state index in [9.17, 15) is 18.0 Å². The van der Waals surface area contributed by atoms with E-state index in [1.807, 2.05) is 0 Å². The van der Waals surface area contributed by atoms with Crippen LogP contribution in [0.2, 0.25) is 0 Å². The number of nitrogens with zero attached hydrogens (tertiary/aromatic N) is 2. The van der Waals surface area contributed by atoms with Crippen LogP contribution in [0.5, 0.6) is 11.5 Å². The summed E-state index contributed by atoms with van der Waals surface area (Å²) in [6.07, 6.45) is -3.18. The van der Waals surface area contributed by atoms with Crippen LogP contribution in [0.4, 0.5) is 13.2 Å². The molecule has 8 heteroatoms. The largest absolute Gasteiger partial charge is 0.493 e. The smallest absolute Gasteiger partial charge is 0.417 e. The number of hydrogen-bond donors (Lipinski definition) is 0. The van der Waals surface area contributed by atoms with Gasteiger partial charge in [-0.1, -0.05) is 0 Å². The monoisotopic (exact) mass is 350 g/mol. The summed E-state index contributed by atoms with van der Waals surface area (Å²) in [6.45, 7) is 0. The quantitative estimate of drug-likeness (QED) is 0.671. The van der Waals surface area contributed by atoms with Gasteiger partial charge in [0.2, 0.25) is 0 Å². The molecule has 0 spiro atoms. The van der Waals surface area contributed by atoms with Crippen molar-refractivity contribution in [1.29, 1.82) is 0 Å². The van der Waals surface area contributed by atoms with Gasteiger partial charge < -0.3 is 9.47 Å². The number of aldehydes is 1. The van der Waals surface area contributed by atoms with Gasteiger partial charge in [-0.15, -0.1) is 0 Å². The molecule has 0 aliphatic heterocycles. The first-order valence-electron chi connectivity index (χ1n) is 7.16. The molecule has 0 saturated carbocycles. The molecule has 0 bridgehead atoms. The summed E-state index contributed by atoms with van der Waals surface area (Å²) in [5.41, 5.74) is 0.180. The second kappa shape index (κ2) is 6.12. The van der Waals surface area contributed by atoms with E-state index in [1.165, 1.54) is 20.3 Å².